The zero-order valence-corrected chi connectivity index (χ0v) is 8.55. The first kappa shape index (κ1) is 11.9. The van der Waals surface area contributed by atoms with E-state index in [0.717, 1.165) is 0 Å². The van der Waals surface area contributed by atoms with Gasteiger partial charge < -0.3 is 19.8 Å². The molecule has 1 rings (SSSR count). The minimum absolute atomic E-state index is 0.0584. The van der Waals surface area contributed by atoms with Crippen molar-refractivity contribution in [3.05, 3.63) is 0 Å². The van der Waals surface area contributed by atoms with E-state index in [1.165, 1.54) is 12.0 Å². The molecule has 1 amide bonds. The molecule has 0 spiro atoms. The summed E-state index contributed by atoms with van der Waals surface area (Å²) in [6, 6.07) is 0. The summed E-state index contributed by atoms with van der Waals surface area (Å²) in [6.45, 7) is -0.0853. The van der Waals surface area contributed by atoms with Gasteiger partial charge in [-0.25, -0.2) is 0 Å². The number of likely N-dealkylation sites (tertiary alicyclic amines) is 1. The Hall–Kier alpha value is -1.14. The fourth-order valence-electron chi connectivity index (χ4n) is 1.59. The smallest absolute Gasteiger partial charge is 0.310 e. The molecule has 2 N–H and O–H groups in total. The highest BCUT2D eigenvalue weighted by atomic mass is 16.5. The molecule has 1 aliphatic rings. The molecule has 0 aromatic heterocycles. The number of carbonyl (C=O) groups excluding carboxylic acids is 2. The van der Waals surface area contributed by atoms with Gasteiger partial charge in [0, 0.05) is 19.5 Å². The Labute approximate surface area is 87.4 Å². The van der Waals surface area contributed by atoms with E-state index < -0.39 is 24.6 Å². The maximum atomic E-state index is 11.4. The van der Waals surface area contributed by atoms with Crippen molar-refractivity contribution in [1.82, 2.24) is 4.90 Å². The number of aliphatic hydroxyl groups is 2. The number of carbonyl (C=O) groups is 2. The van der Waals surface area contributed by atoms with Crippen LogP contribution >= 0.6 is 0 Å². The fourth-order valence-corrected chi connectivity index (χ4v) is 1.59. The maximum Gasteiger partial charge on any atom is 0.310 e. The lowest BCUT2D eigenvalue weighted by Gasteiger charge is -2.18. The number of ether oxygens (including phenoxy) is 1. The highest BCUT2D eigenvalue weighted by Crippen LogP contribution is 2.18. The molecule has 1 aliphatic heterocycles. The second kappa shape index (κ2) is 5.09. The molecule has 1 heterocycles. The van der Waals surface area contributed by atoms with Crippen molar-refractivity contribution in [1.29, 1.82) is 0 Å². The van der Waals surface area contributed by atoms with Crippen LogP contribution in [0.1, 0.15) is 6.42 Å². The van der Waals surface area contributed by atoms with Gasteiger partial charge in [0.05, 0.1) is 25.7 Å². The van der Waals surface area contributed by atoms with E-state index in [-0.39, 0.29) is 25.4 Å². The highest BCUT2D eigenvalue weighted by Gasteiger charge is 2.35. The molecule has 0 radical (unpaired) electrons. The standard InChI is InChI=1S/C9H15NO5/c1-15-9(14)6-2-8(13)10(3-6)4-7(12)5-11/h6-7,11-12H,2-5H2,1H3/t6?,7-/m1/s1. The van der Waals surface area contributed by atoms with Gasteiger partial charge >= 0.3 is 5.97 Å². The predicted octanol–water partition coefficient (Wildman–Crippen LogP) is -1.64. The lowest BCUT2D eigenvalue weighted by atomic mass is 10.1. The van der Waals surface area contributed by atoms with E-state index in [1.807, 2.05) is 0 Å². The number of rotatable bonds is 4. The Morgan fingerprint density at radius 1 is 1.73 bits per heavy atom. The largest absolute Gasteiger partial charge is 0.469 e. The van der Waals surface area contributed by atoms with Gasteiger partial charge in [-0.1, -0.05) is 0 Å². The molecule has 86 valence electrons. The number of hydrogen-bond acceptors (Lipinski definition) is 5. The van der Waals surface area contributed by atoms with E-state index in [9.17, 15) is 9.59 Å². The third-order valence-electron chi connectivity index (χ3n) is 2.39. The molecule has 6 heteroatoms. The summed E-state index contributed by atoms with van der Waals surface area (Å²) < 4.78 is 4.53. The van der Waals surface area contributed by atoms with Gasteiger partial charge in [-0.2, -0.15) is 0 Å². The molecule has 2 atom stereocenters. The van der Waals surface area contributed by atoms with Gasteiger partial charge in [0.1, 0.15) is 0 Å². The molecule has 1 fully saturated rings. The van der Waals surface area contributed by atoms with Gasteiger partial charge in [-0.3, -0.25) is 9.59 Å². The summed E-state index contributed by atoms with van der Waals surface area (Å²) in [5, 5.41) is 17.8. The quantitative estimate of drug-likeness (QED) is 0.551. The Morgan fingerprint density at radius 3 is 2.93 bits per heavy atom. The van der Waals surface area contributed by atoms with Gasteiger partial charge in [0.25, 0.3) is 0 Å². The van der Waals surface area contributed by atoms with E-state index in [1.54, 1.807) is 0 Å². The third-order valence-corrected chi connectivity index (χ3v) is 2.39. The molecular formula is C9H15NO5. The molecule has 0 aromatic carbocycles. The molecule has 0 aliphatic carbocycles. The van der Waals surface area contributed by atoms with Crippen molar-refractivity contribution in [2.24, 2.45) is 5.92 Å². The average molecular weight is 217 g/mol. The van der Waals surface area contributed by atoms with Gasteiger partial charge in [0.15, 0.2) is 0 Å². The molecule has 0 aromatic rings. The van der Waals surface area contributed by atoms with Crippen molar-refractivity contribution in [2.45, 2.75) is 12.5 Å². The molecule has 1 saturated heterocycles. The zero-order chi connectivity index (χ0) is 11.4. The molecule has 1 unspecified atom stereocenters. The van der Waals surface area contributed by atoms with Crippen LogP contribution in [0.4, 0.5) is 0 Å². The van der Waals surface area contributed by atoms with Crippen LogP contribution < -0.4 is 0 Å². The second-order valence-electron chi connectivity index (χ2n) is 3.56. The Balaban J connectivity index is 2.49. The minimum Gasteiger partial charge on any atom is -0.469 e. The molecular weight excluding hydrogens is 202 g/mol. The van der Waals surface area contributed by atoms with Crippen LogP contribution in [0, 0.1) is 5.92 Å². The average Bonchev–Trinajstić information content (AvgIpc) is 2.59. The third kappa shape index (κ3) is 2.90. The number of esters is 1. The summed E-state index contributed by atoms with van der Waals surface area (Å²) >= 11 is 0. The van der Waals surface area contributed by atoms with E-state index in [4.69, 9.17) is 10.2 Å². The van der Waals surface area contributed by atoms with Crippen molar-refractivity contribution >= 4 is 11.9 Å². The number of β-amino-alcohol motifs (C(OH)–C–C–N with tert-alkyl or cyclic N) is 1. The van der Waals surface area contributed by atoms with Crippen LogP contribution in [0.2, 0.25) is 0 Å². The zero-order valence-electron chi connectivity index (χ0n) is 8.55. The first-order chi connectivity index (χ1) is 7.08. The normalized spacial score (nSPS) is 23.0. The summed E-state index contributed by atoms with van der Waals surface area (Å²) in [5.74, 6) is -1.06. The number of nitrogens with zero attached hydrogens (tertiary/aromatic N) is 1. The van der Waals surface area contributed by atoms with Crippen LogP contribution in [0.25, 0.3) is 0 Å². The van der Waals surface area contributed by atoms with E-state index in [0.29, 0.717) is 0 Å². The maximum absolute atomic E-state index is 11.4. The van der Waals surface area contributed by atoms with Gasteiger partial charge in [-0.05, 0) is 0 Å². The van der Waals surface area contributed by atoms with Crippen LogP contribution in [0.15, 0.2) is 0 Å². The summed E-state index contributed by atoms with van der Waals surface area (Å²) in [7, 11) is 1.28. The molecule has 6 nitrogen and oxygen atoms in total. The van der Waals surface area contributed by atoms with Crippen LogP contribution in [0.5, 0.6) is 0 Å². The van der Waals surface area contributed by atoms with Crippen LogP contribution in [-0.4, -0.2) is 59.9 Å². The monoisotopic (exact) mass is 217 g/mol. The molecule has 15 heavy (non-hydrogen) atoms. The van der Waals surface area contributed by atoms with Crippen molar-refractivity contribution in [3.63, 3.8) is 0 Å². The topological polar surface area (TPSA) is 87.1 Å². The Morgan fingerprint density at radius 2 is 2.40 bits per heavy atom. The minimum atomic E-state index is -0.953. The van der Waals surface area contributed by atoms with Crippen molar-refractivity contribution in [3.8, 4) is 0 Å². The number of hydrogen-bond donors (Lipinski definition) is 2. The van der Waals surface area contributed by atoms with Crippen molar-refractivity contribution in [2.75, 3.05) is 26.8 Å². The second-order valence-corrected chi connectivity index (χ2v) is 3.56. The Kier molecular flexibility index (Phi) is 4.05. The lowest BCUT2D eigenvalue weighted by molar-refractivity contribution is -0.145. The lowest BCUT2D eigenvalue weighted by Crippen LogP contribution is -2.35. The molecule has 0 bridgehead atoms. The number of amides is 1. The molecule has 0 saturated carbocycles. The SMILES string of the molecule is COC(=O)C1CC(=O)N(C[C@@H](O)CO)C1. The fraction of sp³-hybridized carbons (Fsp3) is 0.778. The number of methoxy groups -OCH3 is 1. The summed E-state index contributed by atoms with van der Waals surface area (Å²) in [6.07, 6.45) is -0.837. The first-order valence-corrected chi connectivity index (χ1v) is 4.73. The number of aliphatic hydroxyl groups excluding tert-OH is 2. The van der Waals surface area contributed by atoms with Crippen LogP contribution in [0.3, 0.4) is 0 Å². The van der Waals surface area contributed by atoms with Gasteiger partial charge in [0.2, 0.25) is 5.91 Å². The predicted molar refractivity (Wildman–Crippen MR) is 49.8 cm³/mol. The van der Waals surface area contributed by atoms with Gasteiger partial charge in [-0.15, -0.1) is 0 Å². The van der Waals surface area contributed by atoms with E-state index in [2.05, 4.69) is 4.74 Å². The van der Waals surface area contributed by atoms with Crippen molar-refractivity contribution < 1.29 is 24.5 Å². The summed E-state index contributed by atoms with van der Waals surface area (Å²) in [5.41, 5.74) is 0. The van der Waals surface area contributed by atoms with E-state index >= 15 is 0 Å². The summed E-state index contributed by atoms with van der Waals surface area (Å²) in [4.78, 5) is 23.9. The van der Waals surface area contributed by atoms with Crippen LogP contribution in [-0.2, 0) is 14.3 Å². The first-order valence-electron chi connectivity index (χ1n) is 4.73. The Bertz CT molecular complexity index is 255. The highest BCUT2D eigenvalue weighted by molar-refractivity contribution is 5.86.